The Kier molecular flexibility index (Phi) is 4.25. The van der Waals surface area contributed by atoms with Crippen LogP contribution in [0.1, 0.15) is 16.2 Å². The molecule has 0 aliphatic carbocycles. The van der Waals surface area contributed by atoms with Gasteiger partial charge in [0.15, 0.2) is 0 Å². The highest BCUT2D eigenvalue weighted by Crippen LogP contribution is 2.20. The van der Waals surface area contributed by atoms with Crippen LogP contribution in [0.3, 0.4) is 0 Å². The van der Waals surface area contributed by atoms with Gasteiger partial charge in [0, 0.05) is 28.1 Å². The number of halogens is 2. The Hall–Kier alpha value is -2.47. The number of carbonyl (C=O) groups is 1. The van der Waals surface area contributed by atoms with Crippen molar-refractivity contribution in [2.24, 2.45) is 0 Å². The quantitative estimate of drug-likeness (QED) is 0.742. The summed E-state index contributed by atoms with van der Waals surface area (Å²) in [6, 6.07) is 11.6. The summed E-state index contributed by atoms with van der Waals surface area (Å²) in [5.41, 5.74) is 1.28. The van der Waals surface area contributed by atoms with Gasteiger partial charge in [0.2, 0.25) is 0 Å². The van der Waals surface area contributed by atoms with E-state index in [1.807, 2.05) is 6.07 Å². The third kappa shape index (κ3) is 3.32. The van der Waals surface area contributed by atoms with E-state index in [-0.39, 0.29) is 5.91 Å². The number of aromatic nitrogens is 2. The standard InChI is InChI=1S/C17H13BrFN3O/c1-11-20-7-8-22(11)16-6-5-14(10-15(16)19)21-17(23)12-3-2-4-13(18)9-12/h2-10H,1H3,(H,21,23). The third-order valence-corrected chi connectivity index (χ3v) is 3.87. The third-order valence-electron chi connectivity index (χ3n) is 3.38. The summed E-state index contributed by atoms with van der Waals surface area (Å²) < 4.78 is 16.8. The topological polar surface area (TPSA) is 46.9 Å². The molecule has 0 atom stereocenters. The summed E-state index contributed by atoms with van der Waals surface area (Å²) in [5.74, 6) is -0.0368. The predicted molar refractivity (Wildman–Crippen MR) is 90.4 cm³/mol. The fourth-order valence-corrected chi connectivity index (χ4v) is 2.64. The van der Waals surface area contributed by atoms with E-state index in [0.29, 0.717) is 22.8 Å². The van der Waals surface area contributed by atoms with Gasteiger partial charge in [-0.3, -0.25) is 4.79 Å². The Bertz CT molecular complexity index is 876. The number of benzene rings is 2. The molecule has 0 saturated carbocycles. The van der Waals surface area contributed by atoms with E-state index in [0.717, 1.165) is 4.47 Å². The largest absolute Gasteiger partial charge is 0.322 e. The number of hydrogen-bond acceptors (Lipinski definition) is 2. The molecule has 1 aromatic heterocycles. The summed E-state index contributed by atoms with van der Waals surface area (Å²) >= 11 is 3.32. The minimum absolute atomic E-state index is 0.294. The zero-order valence-electron chi connectivity index (χ0n) is 12.3. The van der Waals surface area contributed by atoms with E-state index >= 15 is 0 Å². The number of anilines is 1. The van der Waals surface area contributed by atoms with Crippen molar-refractivity contribution in [2.45, 2.75) is 6.92 Å². The van der Waals surface area contributed by atoms with Gasteiger partial charge in [0.05, 0.1) is 5.69 Å². The lowest BCUT2D eigenvalue weighted by Crippen LogP contribution is -2.12. The second-order valence-electron chi connectivity index (χ2n) is 4.98. The van der Waals surface area contributed by atoms with Gasteiger partial charge in [-0.25, -0.2) is 9.37 Å². The monoisotopic (exact) mass is 373 g/mol. The summed E-state index contributed by atoms with van der Waals surface area (Å²) in [6.45, 7) is 1.79. The van der Waals surface area contributed by atoms with Crippen LogP contribution >= 0.6 is 15.9 Å². The van der Waals surface area contributed by atoms with Gasteiger partial charge in [-0.1, -0.05) is 22.0 Å². The molecule has 0 spiro atoms. The molecule has 4 nitrogen and oxygen atoms in total. The first-order chi connectivity index (χ1) is 11.0. The maximum absolute atomic E-state index is 14.3. The fourth-order valence-electron chi connectivity index (χ4n) is 2.25. The van der Waals surface area contributed by atoms with Crippen LogP contribution in [0.4, 0.5) is 10.1 Å². The molecule has 3 rings (SSSR count). The van der Waals surface area contributed by atoms with Gasteiger partial charge in [-0.15, -0.1) is 0 Å². The van der Waals surface area contributed by atoms with E-state index in [9.17, 15) is 9.18 Å². The number of aryl methyl sites for hydroxylation is 1. The van der Waals surface area contributed by atoms with E-state index < -0.39 is 5.82 Å². The minimum atomic E-state index is -0.432. The van der Waals surface area contributed by atoms with Gasteiger partial charge in [-0.05, 0) is 43.3 Å². The lowest BCUT2D eigenvalue weighted by Gasteiger charge is -2.10. The fraction of sp³-hybridized carbons (Fsp3) is 0.0588. The second kappa shape index (κ2) is 6.34. The minimum Gasteiger partial charge on any atom is -0.322 e. The molecule has 0 radical (unpaired) electrons. The van der Waals surface area contributed by atoms with Crippen LogP contribution in [0.5, 0.6) is 0 Å². The van der Waals surface area contributed by atoms with Gasteiger partial charge in [0.1, 0.15) is 11.6 Å². The normalized spacial score (nSPS) is 10.6. The van der Waals surface area contributed by atoms with E-state index in [4.69, 9.17) is 0 Å². The Morgan fingerprint density at radius 2 is 2.09 bits per heavy atom. The van der Waals surface area contributed by atoms with Crippen LogP contribution in [0.15, 0.2) is 59.3 Å². The van der Waals surface area contributed by atoms with Gasteiger partial charge in [-0.2, -0.15) is 0 Å². The molecule has 2 aromatic carbocycles. The molecule has 3 aromatic rings. The highest BCUT2D eigenvalue weighted by Gasteiger charge is 2.11. The van der Waals surface area contributed by atoms with Crippen molar-refractivity contribution in [1.82, 2.24) is 9.55 Å². The van der Waals surface area contributed by atoms with Crippen LogP contribution in [0.2, 0.25) is 0 Å². The maximum atomic E-state index is 14.3. The number of nitrogens with one attached hydrogen (secondary N) is 1. The van der Waals surface area contributed by atoms with Crippen molar-refractivity contribution >= 4 is 27.5 Å². The second-order valence-corrected chi connectivity index (χ2v) is 5.89. The molecular weight excluding hydrogens is 361 g/mol. The average Bonchev–Trinajstić information content (AvgIpc) is 2.93. The molecule has 116 valence electrons. The number of imidazole rings is 1. The zero-order chi connectivity index (χ0) is 16.4. The smallest absolute Gasteiger partial charge is 0.255 e. The molecule has 0 bridgehead atoms. The first-order valence-corrected chi connectivity index (χ1v) is 7.71. The molecular formula is C17H13BrFN3O. The SMILES string of the molecule is Cc1nccn1-c1ccc(NC(=O)c2cccc(Br)c2)cc1F. The molecule has 0 aliphatic rings. The number of carbonyl (C=O) groups excluding carboxylic acids is 1. The van der Waals surface area contributed by atoms with E-state index in [1.165, 1.54) is 6.07 Å². The highest BCUT2D eigenvalue weighted by molar-refractivity contribution is 9.10. The Morgan fingerprint density at radius 1 is 1.26 bits per heavy atom. The Morgan fingerprint density at radius 3 is 2.74 bits per heavy atom. The number of rotatable bonds is 3. The molecule has 1 N–H and O–H groups in total. The molecule has 0 fully saturated rings. The zero-order valence-corrected chi connectivity index (χ0v) is 13.8. The Balaban J connectivity index is 1.84. The van der Waals surface area contributed by atoms with Crippen molar-refractivity contribution in [3.8, 4) is 5.69 Å². The van der Waals surface area contributed by atoms with Gasteiger partial charge < -0.3 is 9.88 Å². The summed E-state index contributed by atoms with van der Waals surface area (Å²) in [5, 5.41) is 2.69. The van der Waals surface area contributed by atoms with Crippen LogP contribution in [-0.4, -0.2) is 15.5 Å². The highest BCUT2D eigenvalue weighted by atomic mass is 79.9. The van der Waals surface area contributed by atoms with Crippen LogP contribution < -0.4 is 5.32 Å². The van der Waals surface area contributed by atoms with Crippen LogP contribution in [0, 0.1) is 12.7 Å². The number of amides is 1. The van der Waals surface area contributed by atoms with Crippen molar-refractivity contribution < 1.29 is 9.18 Å². The Labute approximate surface area is 141 Å². The van der Waals surface area contributed by atoms with Crippen LogP contribution in [-0.2, 0) is 0 Å². The first-order valence-electron chi connectivity index (χ1n) is 6.91. The maximum Gasteiger partial charge on any atom is 0.255 e. The van der Waals surface area contributed by atoms with Gasteiger partial charge >= 0.3 is 0 Å². The van der Waals surface area contributed by atoms with Gasteiger partial charge in [0.25, 0.3) is 5.91 Å². The van der Waals surface area contributed by atoms with Crippen molar-refractivity contribution in [1.29, 1.82) is 0 Å². The van der Waals surface area contributed by atoms with Crippen molar-refractivity contribution in [3.63, 3.8) is 0 Å². The molecule has 1 amide bonds. The van der Waals surface area contributed by atoms with Crippen LogP contribution in [0.25, 0.3) is 5.69 Å². The average molecular weight is 374 g/mol. The lowest BCUT2D eigenvalue weighted by atomic mass is 10.2. The molecule has 0 saturated heterocycles. The molecule has 0 unspecified atom stereocenters. The lowest BCUT2D eigenvalue weighted by molar-refractivity contribution is 0.102. The van der Waals surface area contributed by atoms with Crippen molar-refractivity contribution in [2.75, 3.05) is 5.32 Å². The molecule has 23 heavy (non-hydrogen) atoms. The molecule has 1 heterocycles. The predicted octanol–water partition coefficient (Wildman–Crippen LogP) is 4.33. The summed E-state index contributed by atoms with van der Waals surface area (Å²) in [6.07, 6.45) is 3.30. The first kappa shape index (κ1) is 15.4. The number of nitrogens with zero attached hydrogens (tertiary/aromatic N) is 2. The van der Waals surface area contributed by atoms with E-state index in [2.05, 4.69) is 26.2 Å². The number of hydrogen-bond donors (Lipinski definition) is 1. The molecule has 0 aliphatic heterocycles. The molecule has 6 heteroatoms. The summed E-state index contributed by atoms with van der Waals surface area (Å²) in [7, 11) is 0. The van der Waals surface area contributed by atoms with E-state index in [1.54, 1.807) is 54.2 Å². The summed E-state index contributed by atoms with van der Waals surface area (Å²) in [4.78, 5) is 16.3. The van der Waals surface area contributed by atoms with Crippen molar-refractivity contribution in [3.05, 3.63) is 76.5 Å².